The SMILES string of the molecule is O=C(N[C@H]1CN2CC[C@H]1C2)c1cc2ccsc2cn1. The topological polar surface area (TPSA) is 45.2 Å². The van der Waals surface area contributed by atoms with E-state index in [0.717, 1.165) is 23.2 Å². The number of nitrogens with one attached hydrogen (secondary N) is 1. The number of rotatable bonds is 2. The highest BCUT2D eigenvalue weighted by Crippen LogP contribution is 2.28. The second-order valence-corrected chi connectivity index (χ2v) is 6.36. The number of fused-ring (bicyclic) bond motifs is 3. The van der Waals surface area contributed by atoms with Crippen molar-refractivity contribution < 1.29 is 4.79 Å². The van der Waals surface area contributed by atoms with E-state index in [1.54, 1.807) is 17.5 Å². The van der Waals surface area contributed by atoms with Crippen molar-refractivity contribution >= 4 is 27.3 Å². The molecule has 4 heterocycles. The van der Waals surface area contributed by atoms with Crippen molar-refractivity contribution in [3.8, 4) is 0 Å². The molecule has 98 valence electrons. The molecule has 4 nitrogen and oxygen atoms in total. The molecule has 5 heteroatoms. The Bertz CT molecular complexity index is 638. The Morgan fingerprint density at radius 1 is 1.47 bits per heavy atom. The van der Waals surface area contributed by atoms with Gasteiger partial charge in [0.15, 0.2) is 0 Å². The van der Waals surface area contributed by atoms with Gasteiger partial charge in [0.05, 0.1) is 4.70 Å². The Morgan fingerprint density at radius 2 is 2.42 bits per heavy atom. The summed E-state index contributed by atoms with van der Waals surface area (Å²) in [5, 5.41) is 6.27. The molecule has 0 aromatic carbocycles. The fraction of sp³-hybridized carbons (Fsp3) is 0.429. The molecule has 4 rings (SSSR count). The number of hydrogen-bond acceptors (Lipinski definition) is 4. The lowest BCUT2D eigenvalue weighted by molar-refractivity contribution is 0.0919. The smallest absolute Gasteiger partial charge is 0.270 e. The lowest BCUT2D eigenvalue weighted by Gasteiger charge is -2.22. The van der Waals surface area contributed by atoms with Crippen LogP contribution >= 0.6 is 11.3 Å². The third-order valence-electron chi connectivity index (χ3n) is 4.22. The number of carbonyl (C=O) groups is 1. The molecule has 2 aliphatic rings. The molecule has 2 aromatic rings. The zero-order valence-corrected chi connectivity index (χ0v) is 11.3. The summed E-state index contributed by atoms with van der Waals surface area (Å²) in [4.78, 5) is 18.9. The number of amides is 1. The van der Waals surface area contributed by atoms with Gasteiger partial charge in [-0.2, -0.15) is 0 Å². The molecule has 19 heavy (non-hydrogen) atoms. The highest BCUT2D eigenvalue weighted by Gasteiger charge is 2.38. The van der Waals surface area contributed by atoms with Crippen molar-refractivity contribution in [2.75, 3.05) is 19.6 Å². The quantitative estimate of drug-likeness (QED) is 0.906. The molecule has 0 spiro atoms. The van der Waals surface area contributed by atoms with Gasteiger partial charge in [-0.1, -0.05) is 0 Å². The molecule has 1 amide bonds. The van der Waals surface area contributed by atoms with E-state index in [1.165, 1.54) is 13.0 Å². The largest absolute Gasteiger partial charge is 0.346 e. The lowest BCUT2D eigenvalue weighted by Crippen LogP contribution is -2.43. The molecule has 2 fully saturated rings. The summed E-state index contributed by atoms with van der Waals surface area (Å²) in [6.07, 6.45) is 3.00. The molecule has 1 N–H and O–H groups in total. The maximum Gasteiger partial charge on any atom is 0.270 e. The van der Waals surface area contributed by atoms with Gasteiger partial charge in [-0.3, -0.25) is 4.79 Å². The first-order valence-corrected chi connectivity index (χ1v) is 7.54. The van der Waals surface area contributed by atoms with Gasteiger partial charge in [0.1, 0.15) is 5.69 Å². The van der Waals surface area contributed by atoms with Crippen LogP contribution in [0.4, 0.5) is 0 Å². The highest BCUT2D eigenvalue weighted by atomic mass is 32.1. The first kappa shape index (κ1) is 11.4. The Hall–Kier alpha value is -1.46. The molecule has 0 aliphatic carbocycles. The monoisotopic (exact) mass is 273 g/mol. The molecule has 0 saturated carbocycles. The fourth-order valence-electron chi connectivity index (χ4n) is 3.18. The van der Waals surface area contributed by atoms with Crippen LogP contribution in [0.5, 0.6) is 0 Å². The van der Waals surface area contributed by atoms with Crippen molar-refractivity contribution in [3.63, 3.8) is 0 Å². The normalized spacial score (nSPS) is 28.9. The Balaban J connectivity index is 1.53. The van der Waals surface area contributed by atoms with E-state index in [-0.39, 0.29) is 5.91 Å². The van der Waals surface area contributed by atoms with Gasteiger partial charge < -0.3 is 10.2 Å². The molecule has 2 saturated heterocycles. The zero-order valence-electron chi connectivity index (χ0n) is 10.5. The Kier molecular flexibility index (Phi) is 2.56. The molecule has 2 bridgehead atoms. The molecule has 2 aliphatic heterocycles. The minimum atomic E-state index is -0.0353. The van der Waals surface area contributed by atoms with Gasteiger partial charge >= 0.3 is 0 Å². The summed E-state index contributed by atoms with van der Waals surface area (Å²) < 4.78 is 1.13. The summed E-state index contributed by atoms with van der Waals surface area (Å²) in [5.74, 6) is 0.598. The van der Waals surface area contributed by atoms with E-state index in [9.17, 15) is 4.79 Å². The van der Waals surface area contributed by atoms with Gasteiger partial charge in [0.25, 0.3) is 5.91 Å². The lowest BCUT2D eigenvalue weighted by atomic mass is 10.00. The summed E-state index contributed by atoms with van der Waals surface area (Å²) in [6, 6.07) is 4.22. The Morgan fingerprint density at radius 3 is 3.21 bits per heavy atom. The number of thiophene rings is 1. The first-order chi connectivity index (χ1) is 9.29. The van der Waals surface area contributed by atoms with Crippen molar-refractivity contribution in [2.24, 2.45) is 5.92 Å². The molecular formula is C14H15N3OS. The fourth-order valence-corrected chi connectivity index (χ4v) is 3.92. The predicted molar refractivity (Wildman–Crippen MR) is 75.4 cm³/mol. The van der Waals surface area contributed by atoms with Crippen LogP contribution in [0.1, 0.15) is 16.9 Å². The maximum absolute atomic E-state index is 12.3. The first-order valence-electron chi connectivity index (χ1n) is 6.66. The van der Waals surface area contributed by atoms with Crippen LogP contribution in [-0.4, -0.2) is 41.5 Å². The van der Waals surface area contributed by atoms with E-state index in [4.69, 9.17) is 0 Å². The van der Waals surface area contributed by atoms with E-state index in [2.05, 4.69) is 15.2 Å². The van der Waals surface area contributed by atoms with Gasteiger partial charge in [0.2, 0.25) is 0 Å². The minimum Gasteiger partial charge on any atom is -0.346 e. The number of piperidine rings is 1. The van der Waals surface area contributed by atoms with E-state index < -0.39 is 0 Å². The average Bonchev–Trinajstić information content (AvgIpc) is 3.13. The second kappa shape index (κ2) is 4.28. The number of carbonyl (C=O) groups excluding carboxylic acids is 1. The summed E-state index contributed by atoms with van der Waals surface area (Å²) in [5.41, 5.74) is 0.531. The standard InChI is InChI=1S/C14H15N3OS/c18-14(16-12-8-17-3-1-10(12)7-17)11-5-9-2-4-19-13(9)6-15-11/h2,4-6,10,12H,1,3,7-8H2,(H,16,18)/t10-,12-/m0/s1. The van der Waals surface area contributed by atoms with Crippen molar-refractivity contribution in [1.29, 1.82) is 0 Å². The Labute approximate surface area is 115 Å². The summed E-state index contributed by atoms with van der Waals surface area (Å²) in [7, 11) is 0. The number of hydrogen-bond donors (Lipinski definition) is 1. The van der Waals surface area contributed by atoms with E-state index in [1.807, 2.05) is 17.5 Å². The second-order valence-electron chi connectivity index (χ2n) is 5.42. The molecule has 3 atom stereocenters. The van der Waals surface area contributed by atoms with Crippen molar-refractivity contribution in [3.05, 3.63) is 29.4 Å². The van der Waals surface area contributed by atoms with Crippen LogP contribution in [0.25, 0.3) is 10.1 Å². The number of pyridine rings is 1. The van der Waals surface area contributed by atoms with Crippen LogP contribution < -0.4 is 5.32 Å². The summed E-state index contributed by atoms with van der Waals surface area (Å²) in [6.45, 7) is 3.33. The minimum absolute atomic E-state index is 0.0353. The summed E-state index contributed by atoms with van der Waals surface area (Å²) >= 11 is 1.65. The number of aromatic nitrogens is 1. The van der Waals surface area contributed by atoms with E-state index >= 15 is 0 Å². The predicted octanol–water partition coefficient (Wildman–Crippen LogP) is 1.73. The van der Waals surface area contributed by atoms with Crippen molar-refractivity contribution in [1.82, 2.24) is 15.2 Å². The van der Waals surface area contributed by atoms with E-state index in [0.29, 0.717) is 17.7 Å². The van der Waals surface area contributed by atoms with Gasteiger partial charge in [0, 0.05) is 25.3 Å². The van der Waals surface area contributed by atoms with Crippen LogP contribution in [0, 0.1) is 5.92 Å². The van der Waals surface area contributed by atoms with Crippen molar-refractivity contribution in [2.45, 2.75) is 12.5 Å². The van der Waals surface area contributed by atoms with Gasteiger partial charge in [-0.25, -0.2) is 4.98 Å². The highest BCUT2D eigenvalue weighted by molar-refractivity contribution is 7.17. The average molecular weight is 273 g/mol. The van der Waals surface area contributed by atoms with Gasteiger partial charge in [-0.05, 0) is 41.8 Å². The van der Waals surface area contributed by atoms with Crippen LogP contribution in [-0.2, 0) is 0 Å². The maximum atomic E-state index is 12.3. The molecule has 1 unspecified atom stereocenters. The molecule has 0 radical (unpaired) electrons. The third kappa shape index (κ3) is 1.93. The zero-order chi connectivity index (χ0) is 12.8. The third-order valence-corrected chi connectivity index (χ3v) is 5.09. The van der Waals surface area contributed by atoms with Crippen LogP contribution in [0.2, 0.25) is 0 Å². The molecule has 2 aromatic heterocycles. The van der Waals surface area contributed by atoms with Gasteiger partial charge in [-0.15, -0.1) is 11.3 Å². The van der Waals surface area contributed by atoms with Crippen LogP contribution in [0.3, 0.4) is 0 Å². The molecular weight excluding hydrogens is 258 g/mol. The van der Waals surface area contributed by atoms with Crippen LogP contribution in [0.15, 0.2) is 23.7 Å². The number of nitrogens with zero attached hydrogens (tertiary/aromatic N) is 2.